The quantitative estimate of drug-likeness (QED) is 0.893. The summed E-state index contributed by atoms with van der Waals surface area (Å²) in [4.78, 5) is 11.8. The Balaban J connectivity index is 2.06. The maximum atomic E-state index is 13.4. The first-order valence-corrected chi connectivity index (χ1v) is 7.67. The smallest absolute Gasteiger partial charge is 0.251 e. The maximum Gasteiger partial charge on any atom is 0.251 e. The molecule has 2 rings (SSSR count). The monoisotopic (exact) mass is 326 g/mol. The van der Waals surface area contributed by atoms with Crippen molar-refractivity contribution in [3.05, 3.63) is 65.2 Å². The first-order valence-electron chi connectivity index (χ1n) is 6.12. The minimum Gasteiger partial charge on any atom is -0.348 e. The molecule has 2 aromatic carbocycles. The summed E-state index contributed by atoms with van der Waals surface area (Å²) < 4.78 is 48.4. The molecule has 0 atom stereocenters. The molecule has 0 unspecified atom stereocenters. The predicted octanol–water partition coefficient (Wildman–Crippen LogP) is 1.54. The number of hydrogen-bond acceptors (Lipinski definition) is 3. The molecule has 0 aliphatic heterocycles. The SMILES string of the molecule is NS(=O)(=O)c1ccc(C(=O)NCc2ccc(F)cc2F)cc1. The third kappa shape index (κ3) is 3.86. The van der Waals surface area contributed by atoms with E-state index in [4.69, 9.17) is 5.14 Å². The van der Waals surface area contributed by atoms with Gasteiger partial charge in [0.05, 0.1) is 4.90 Å². The molecule has 0 radical (unpaired) electrons. The highest BCUT2D eigenvalue weighted by atomic mass is 32.2. The second-order valence-corrected chi connectivity index (χ2v) is 6.05. The number of halogens is 2. The van der Waals surface area contributed by atoms with E-state index in [1.807, 2.05) is 0 Å². The Morgan fingerprint density at radius 1 is 1.09 bits per heavy atom. The molecule has 2 aromatic rings. The van der Waals surface area contributed by atoms with E-state index in [0.29, 0.717) is 0 Å². The highest BCUT2D eigenvalue weighted by Gasteiger charge is 2.11. The van der Waals surface area contributed by atoms with Crippen LogP contribution in [0.1, 0.15) is 15.9 Å². The summed E-state index contributed by atoms with van der Waals surface area (Å²) in [6.45, 7) is -0.123. The molecule has 0 fully saturated rings. The zero-order valence-corrected chi connectivity index (χ0v) is 12.0. The molecule has 0 saturated carbocycles. The number of amides is 1. The number of rotatable bonds is 4. The Bertz CT molecular complexity index is 805. The lowest BCUT2D eigenvalue weighted by Gasteiger charge is -2.07. The van der Waals surface area contributed by atoms with Crippen LogP contribution in [0.4, 0.5) is 8.78 Å². The first kappa shape index (κ1) is 16.1. The van der Waals surface area contributed by atoms with Crippen molar-refractivity contribution < 1.29 is 22.0 Å². The third-order valence-corrected chi connectivity index (χ3v) is 3.83. The van der Waals surface area contributed by atoms with Gasteiger partial charge in [-0.05, 0) is 30.3 Å². The van der Waals surface area contributed by atoms with Gasteiger partial charge in [0.15, 0.2) is 0 Å². The van der Waals surface area contributed by atoms with Gasteiger partial charge in [-0.3, -0.25) is 4.79 Å². The van der Waals surface area contributed by atoms with Gasteiger partial charge < -0.3 is 5.32 Å². The van der Waals surface area contributed by atoms with Crippen molar-refractivity contribution >= 4 is 15.9 Å². The largest absolute Gasteiger partial charge is 0.348 e. The average Bonchev–Trinajstić information content (AvgIpc) is 2.45. The van der Waals surface area contributed by atoms with Crippen molar-refractivity contribution in [3.63, 3.8) is 0 Å². The molecule has 8 heteroatoms. The molecule has 0 aliphatic rings. The van der Waals surface area contributed by atoms with E-state index < -0.39 is 27.6 Å². The molecule has 0 aliphatic carbocycles. The van der Waals surface area contributed by atoms with Gasteiger partial charge in [0.1, 0.15) is 11.6 Å². The molecular formula is C14H12F2N2O3S. The fraction of sp³-hybridized carbons (Fsp3) is 0.0714. The van der Waals surface area contributed by atoms with Crippen LogP contribution in [-0.4, -0.2) is 14.3 Å². The van der Waals surface area contributed by atoms with E-state index in [2.05, 4.69) is 5.32 Å². The van der Waals surface area contributed by atoms with E-state index in [1.165, 1.54) is 30.3 Å². The molecule has 0 heterocycles. The lowest BCUT2D eigenvalue weighted by molar-refractivity contribution is 0.0950. The van der Waals surface area contributed by atoms with Gasteiger partial charge >= 0.3 is 0 Å². The molecule has 0 aromatic heterocycles. The van der Waals surface area contributed by atoms with Gasteiger partial charge in [-0.15, -0.1) is 0 Å². The lowest BCUT2D eigenvalue weighted by atomic mass is 10.2. The van der Waals surface area contributed by atoms with Crippen LogP contribution >= 0.6 is 0 Å². The van der Waals surface area contributed by atoms with Crippen LogP contribution in [0.5, 0.6) is 0 Å². The zero-order valence-electron chi connectivity index (χ0n) is 11.2. The molecule has 0 bridgehead atoms. The van der Waals surface area contributed by atoms with Crippen molar-refractivity contribution in [3.8, 4) is 0 Å². The fourth-order valence-corrected chi connectivity index (χ4v) is 2.25. The number of nitrogens with two attached hydrogens (primary N) is 1. The number of sulfonamides is 1. The highest BCUT2D eigenvalue weighted by Crippen LogP contribution is 2.11. The van der Waals surface area contributed by atoms with E-state index in [9.17, 15) is 22.0 Å². The van der Waals surface area contributed by atoms with Crippen molar-refractivity contribution in [1.29, 1.82) is 0 Å². The Labute approximate surface area is 125 Å². The molecule has 22 heavy (non-hydrogen) atoms. The van der Waals surface area contributed by atoms with Gasteiger partial charge in [0.2, 0.25) is 10.0 Å². The fourth-order valence-electron chi connectivity index (χ4n) is 1.74. The van der Waals surface area contributed by atoms with Crippen LogP contribution < -0.4 is 10.5 Å². The van der Waals surface area contributed by atoms with Crippen LogP contribution in [-0.2, 0) is 16.6 Å². The normalized spacial score (nSPS) is 11.2. The number of hydrogen-bond donors (Lipinski definition) is 2. The summed E-state index contributed by atoms with van der Waals surface area (Å²) in [5.41, 5.74) is 0.325. The van der Waals surface area contributed by atoms with Crippen LogP contribution in [0.3, 0.4) is 0 Å². The van der Waals surface area contributed by atoms with Crippen LogP contribution in [0.25, 0.3) is 0 Å². The number of primary sulfonamides is 1. The molecule has 3 N–H and O–H groups in total. The Morgan fingerprint density at radius 2 is 1.73 bits per heavy atom. The highest BCUT2D eigenvalue weighted by molar-refractivity contribution is 7.89. The van der Waals surface area contributed by atoms with E-state index in [1.54, 1.807) is 0 Å². The van der Waals surface area contributed by atoms with Crippen molar-refractivity contribution in [2.75, 3.05) is 0 Å². The van der Waals surface area contributed by atoms with Crippen LogP contribution in [0, 0.1) is 11.6 Å². The number of nitrogens with one attached hydrogen (secondary N) is 1. The Morgan fingerprint density at radius 3 is 2.27 bits per heavy atom. The van der Waals surface area contributed by atoms with E-state index in [0.717, 1.165) is 12.1 Å². The predicted molar refractivity (Wildman–Crippen MR) is 75.3 cm³/mol. The Kier molecular flexibility index (Phi) is 4.53. The zero-order chi connectivity index (χ0) is 16.3. The molecule has 0 saturated heterocycles. The topological polar surface area (TPSA) is 89.3 Å². The van der Waals surface area contributed by atoms with Gasteiger partial charge in [-0.25, -0.2) is 22.3 Å². The van der Waals surface area contributed by atoms with Gasteiger partial charge in [-0.1, -0.05) is 6.07 Å². The number of carbonyl (C=O) groups excluding carboxylic acids is 1. The number of benzene rings is 2. The minimum atomic E-state index is -3.83. The van der Waals surface area contributed by atoms with Crippen molar-refractivity contribution in [1.82, 2.24) is 5.32 Å². The lowest BCUT2D eigenvalue weighted by Crippen LogP contribution is -2.23. The molecule has 5 nitrogen and oxygen atoms in total. The van der Waals surface area contributed by atoms with Gasteiger partial charge in [-0.2, -0.15) is 0 Å². The Hall–Kier alpha value is -2.32. The molecule has 0 spiro atoms. The maximum absolute atomic E-state index is 13.4. The first-order chi connectivity index (χ1) is 10.3. The van der Waals surface area contributed by atoms with Crippen LogP contribution in [0.15, 0.2) is 47.4 Å². The summed E-state index contributed by atoms with van der Waals surface area (Å²) in [6, 6.07) is 8.01. The van der Waals surface area contributed by atoms with Gasteiger partial charge in [0, 0.05) is 23.7 Å². The van der Waals surface area contributed by atoms with Crippen molar-refractivity contribution in [2.24, 2.45) is 5.14 Å². The van der Waals surface area contributed by atoms with Crippen LogP contribution in [0.2, 0.25) is 0 Å². The summed E-state index contributed by atoms with van der Waals surface area (Å²) in [5, 5.41) is 7.40. The van der Waals surface area contributed by atoms with Gasteiger partial charge in [0.25, 0.3) is 5.91 Å². The molecular weight excluding hydrogens is 314 g/mol. The minimum absolute atomic E-state index is 0.117. The third-order valence-electron chi connectivity index (χ3n) is 2.90. The van der Waals surface area contributed by atoms with E-state index >= 15 is 0 Å². The molecule has 1 amide bonds. The molecule has 116 valence electrons. The van der Waals surface area contributed by atoms with Crippen molar-refractivity contribution in [2.45, 2.75) is 11.4 Å². The summed E-state index contributed by atoms with van der Waals surface area (Å²) in [5.74, 6) is -1.99. The average molecular weight is 326 g/mol. The summed E-state index contributed by atoms with van der Waals surface area (Å²) in [7, 11) is -3.83. The standard InChI is InChI=1S/C14H12F2N2O3S/c15-11-4-1-10(13(16)7-11)8-18-14(19)9-2-5-12(6-3-9)22(17,20)21/h1-7H,8H2,(H,18,19)(H2,17,20,21). The summed E-state index contributed by atoms with van der Waals surface area (Å²) in [6.07, 6.45) is 0. The second-order valence-electron chi connectivity index (χ2n) is 4.49. The summed E-state index contributed by atoms with van der Waals surface area (Å²) >= 11 is 0. The number of carbonyl (C=O) groups is 1. The second kappa shape index (κ2) is 6.20. The van der Waals surface area contributed by atoms with E-state index in [-0.39, 0.29) is 22.6 Å².